The molecule has 1 aliphatic carbocycles. The van der Waals surface area contributed by atoms with Crippen LogP contribution >= 0.6 is 0 Å². The van der Waals surface area contributed by atoms with E-state index in [1.54, 1.807) is 0 Å². The fourth-order valence-corrected chi connectivity index (χ4v) is 2.40. The summed E-state index contributed by atoms with van der Waals surface area (Å²) in [5.41, 5.74) is 0. The van der Waals surface area contributed by atoms with E-state index >= 15 is 0 Å². The first-order chi connectivity index (χ1) is 8.45. The monoisotopic (exact) mass is 240 g/mol. The van der Waals surface area contributed by atoms with Crippen LogP contribution in [0.2, 0.25) is 0 Å². The molecule has 3 heteroatoms. The molecule has 0 bridgehead atoms. The Labute approximate surface area is 106 Å². The molecule has 3 nitrogen and oxygen atoms in total. The third kappa shape index (κ3) is 6.39. The van der Waals surface area contributed by atoms with Crippen molar-refractivity contribution in [2.24, 2.45) is 0 Å². The lowest BCUT2D eigenvalue weighted by molar-refractivity contribution is 0.108. The molecule has 0 unspecified atom stereocenters. The minimum atomic E-state index is 0.867. The number of rotatable bonds is 10. The molecule has 2 fully saturated rings. The van der Waals surface area contributed by atoms with E-state index in [4.69, 9.17) is 4.74 Å². The van der Waals surface area contributed by atoms with Gasteiger partial charge in [0.1, 0.15) is 0 Å². The van der Waals surface area contributed by atoms with Crippen LogP contribution in [0.15, 0.2) is 0 Å². The van der Waals surface area contributed by atoms with E-state index in [-0.39, 0.29) is 0 Å². The highest BCUT2D eigenvalue weighted by Gasteiger charge is 2.19. The molecule has 2 aliphatic rings. The normalized spacial score (nSPS) is 21.2. The summed E-state index contributed by atoms with van der Waals surface area (Å²) in [6.07, 6.45) is 9.42. The Bertz CT molecular complexity index is 189. The predicted octanol–water partition coefficient (Wildman–Crippen LogP) is 2.02. The van der Waals surface area contributed by atoms with Gasteiger partial charge in [-0.1, -0.05) is 0 Å². The van der Waals surface area contributed by atoms with Gasteiger partial charge >= 0.3 is 0 Å². The molecule has 1 saturated heterocycles. The zero-order chi connectivity index (χ0) is 11.8. The van der Waals surface area contributed by atoms with E-state index in [9.17, 15) is 0 Å². The molecule has 0 spiro atoms. The second-order valence-electron chi connectivity index (χ2n) is 5.45. The Morgan fingerprint density at radius 3 is 2.59 bits per heavy atom. The van der Waals surface area contributed by atoms with Crippen LogP contribution in [0.4, 0.5) is 0 Å². The second-order valence-corrected chi connectivity index (χ2v) is 5.45. The third-order valence-electron chi connectivity index (χ3n) is 3.73. The predicted molar refractivity (Wildman–Crippen MR) is 71.4 cm³/mol. The van der Waals surface area contributed by atoms with Gasteiger partial charge in [0.05, 0.1) is 6.61 Å². The van der Waals surface area contributed by atoms with Crippen molar-refractivity contribution in [3.63, 3.8) is 0 Å². The van der Waals surface area contributed by atoms with E-state index in [1.165, 1.54) is 64.6 Å². The van der Waals surface area contributed by atoms with Crippen molar-refractivity contribution in [3.05, 3.63) is 0 Å². The quantitative estimate of drug-likeness (QED) is 0.591. The summed E-state index contributed by atoms with van der Waals surface area (Å²) in [7, 11) is 0. The summed E-state index contributed by atoms with van der Waals surface area (Å²) < 4.78 is 5.67. The van der Waals surface area contributed by atoms with Gasteiger partial charge in [-0.2, -0.15) is 0 Å². The molecule has 0 aromatic carbocycles. The van der Waals surface area contributed by atoms with Crippen LogP contribution in [-0.2, 0) is 4.74 Å². The van der Waals surface area contributed by atoms with Crippen LogP contribution in [0.3, 0.4) is 0 Å². The summed E-state index contributed by atoms with van der Waals surface area (Å²) in [5, 5.41) is 3.55. The fourth-order valence-electron chi connectivity index (χ4n) is 2.40. The lowest BCUT2D eigenvalue weighted by Gasteiger charge is -2.14. The SMILES string of the molecule is C(CCNC1CC1)CCOCCN1CCCC1. The van der Waals surface area contributed by atoms with Crippen molar-refractivity contribution < 1.29 is 4.74 Å². The molecule has 0 amide bonds. The minimum absolute atomic E-state index is 0.867. The molecule has 0 aromatic rings. The average Bonchev–Trinajstić information content (AvgIpc) is 3.02. The van der Waals surface area contributed by atoms with Gasteiger partial charge in [0.15, 0.2) is 0 Å². The molecular weight excluding hydrogens is 212 g/mol. The first-order valence-corrected chi connectivity index (χ1v) is 7.48. The van der Waals surface area contributed by atoms with Crippen molar-refractivity contribution in [3.8, 4) is 0 Å². The Hall–Kier alpha value is -0.120. The number of hydrogen-bond acceptors (Lipinski definition) is 3. The van der Waals surface area contributed by atoms with Gasteiger partial charge in [0.25, 0.3) is 0 Å². The van der Waals surface area contributed by atoms with Gasteiger partial charge < -0.3 is 15.0 Å². The van der Waals surface area contributed by atoms with E-state index in [0.29, 0.717) is 0 Å². The van der Waals surface area contributed by atoms with Gasteiger partial charge in [-0.15, -0.1) is 0 Å². The molecule has 1 N–H and O–H groups in total. The summed E-state index contributed by atoms with van der Waals surface area (Å²) >= 11 is 0. The molecular formula is C14H28N2O. The second kappa shape index (κ2) is 8.06. The van der Waals surface area contributed by atoms with E-state index < -0.39 is 0 Å². The largest absolute Gasteiger partial charge is 0.380 e. The van der Waals surface area contributed by atoms with Crippen LogP contribution in [0, 0.1) is 0 Å². The minimum Gasteiger partial charge on any atom is -0.380 e. The van der Waals surface area contributed by atoms with Crippen LogP contribution < -0.4 is 5.32 Å². The smallest absolute Gasteiger partial charge is 0.0593 e. The van der Waals surface area contributed by atoms with Crippen molar-refractivity contribution in [2.45, 2.75) is 51.0 Å². The molecule has 0 aromatic heterocycles. The van der Waals surface area contributed by atoms with Crippen molar-refractivity contribution in [1.82, 2.24) is 10.2 Å². The number of ether oxygens (including phenoxy) is 1. The van der Waals surface area contributed by atoms with Gasteiger partial charge in [-0.3, -0.25) is 0 Å². The average molecular weight is 240 g/mol. The maximum Gasteiger partial charge on any atom is 0.0593 e. The van der Waals surface area contributed by atoms with Crippen LogP contribution in [0.25, 0.3) is 0 Å². The molecule has 0 atom stereocenters. The highest BCUT2D eigenvalue weighted by atomic mass is 16.5. The van der Waals surface area contributed by atoms with Gasteiger partial charge in [0.2, 0.25) is 0 Å². The molecule has 0 radical (unpaired) electrons. The lowest BCUT2D eigenvalue weighted by Crippen LogP contribution is -2.24. The van der Waals surface area contributed by atoms with E-state index in [2.05, 4.69) is 10.2 Å². The molecule has 2 rings (SSSR count). The summed E-state index contributed by atoms with van der Waals surface area (Å²) in [6.45, 7) is 6.81. The maximum atomic E-state index is 5.67. The van der Waals surface area contributed by atoms with Crippen molar-refractivity contribution >= 4 is 0 Å². The standard InChI is InChI=1S/C14H28N2O/c1(2-8-15-14-6-7-14)5-12-17-13-11-16-9-3-4-10-16/h14-15H,1-13H2. The number of likely N-dealkylation sites (tertiary alicyclic amines) is 1. The zero-order valence-corrected chi connectivity index (χ0v) is 11.1. The van der Waals surface area contributed by atoms with E-state index in [1.807, 2.05) is 0 Å². The van der Waals surface area contributed by atoms with Gasteiger partial charge in [-0.05, 0) is 64.6 Å². The summed E-state index contributed by atoms with van der Waals surface area (Å²) in [5.74, 6) is 0. The summed E-state index contributed by atoms with van der Waals surface area (Å²) in [4.78, 5) is 2.51. The van der Waals surface area contributed by atoms with Crippen LogP contribution in [0.1, 0.15) is 44.9 Å². The lowest BCUT2D eigenvalue weighted by atomic mass is 10.2. The zero-order valence-electron chi connectivity index (χ0n) is 11.1. The van der Waals surface area contributed by atoms with Gasteiger partial charge in [0, 0.05) is 19.2 Å². The highest BCUT2D eigenvalue weighted by Crippen LogP contribution is 2.18. The van der Waals surface area contributed by atoms with Crippen LogP contribution in [0.5, 0.6) is 0 Å². The number of nitrogens with one attached hydrogen (secondary N) is 1. The number of nitrogens with zero attached hydrogens (tertiary/aromatic N) is 1. The Morgan fingerprint density at radius 1 is 1.00 bits per heavy atom. The molecule has 1 aliphatic heterocycles. The first kappa shape index (κ1) is 13.3. The Balaban J connectivity index is 1.27. The van der Waals surface area contributed by atoms with E-state index in [0.717, 1.165) is 25.8 Å². The molecule has 17 heavy (non-hydrogen) atoms. The Kier molecular flexibility index (Phi) is 6.32. The first-order valence-electron chi connectivity index (χ1n) is 7.48. The summed E-state index contributed by atoms with van der Waals surface area (Å²) in [6, 6.07) is 0.867. The fraction of sp³-hybridized carbons (Fsp3) is 1.00. The topological polar surface area (TPSA) is 24.5 Å². The molecule has 100 valence electrons. The maximum absolute atomic E-state index is 5.67. The highest BCUT2D eigenvalue weighted by molar-refractivity contribution is 4.80. The van der Waals surface area contributed by atoms with Crippen molar-refractivity contribution in [2.75, 3.05) is 39.4 Å². The van der Waals surface area contributed by atoms with Gasteiger partial charge in [-0.25, -0.2) is 0 Å². The molecule has 1 saturated carbocycles. The van der Waals surface area contributed by atoms with Crippen LogP contribution in [-0.4, -0.2) is 50.3 Å². The number of hydrogen-bond donors (Lipinski definition) is 1. The Morgan fingerprint density at radius 2 is 1.82 bits per heavy atom. The third-order valence-corrected chi connectivity index (χ3v) is 3.73. The molecule has 1 heterocycles. The van der Waals surface area contributed by atoms with Crippen molar-refractivity contribution in [1.29, 1.82) is 0 Å². The number of unbranched alkanes of at least 4 members (excludes halogenated alkanes) is 2.